The number of hydrogen-bond acceptors (Lipinski definition) is 4. The fourth-order valence-electron chi connectivity index (χ4n) is 2.57. The average Bonchev–Trinajstić information content (AvgIpc) is 2.84. The summed E-state index contributed by atoms with van der Waals surface area (Å²) in [6.07, 6.45) is 7.74. The number of aromatic nitrogens is 4. The van der Waals surface area contributed by atoms with Gasteiger partial charge in [0.05, 0.1) is 10.7 Å². The fraction of sp³-hybridized carbons (Fsp3) is 0.429. The minimum absolute atomic E-state index is 0.144. The van der Waals surface area contributed by atoms with Gasteiger partial charge in [0.25, 0.3) is 0 Å². The van der Waals surface area contributed by atoms with Gasteiger partial charge < -0.3 is 0 Å². The Morgan fingerprint density at radius 3 is 2.95 bits per heavy atom. The number of nitrogens with one attached hydrogen (secondary N) is 1. The van der Waals surface area contributed by atoms with E-state index in [0.29, 0.717) is 5.95 Å². The second-order valence-electron chi connectivity index (χ2n) is 5.17. The summed E-state index contributed by atoms with van der Waals surface area (Å²) in [5.74, 6) is 0.213. The van der Waals surface area contributed by atoms with Crippen molar-refractivity contribution in [2.45, 2.75) is 39.2 Å². The van der Waals surface area contributed by atoms with Crippen LogP contribution in [0.15, 0.2) is 16.9 Å². The summed E-state index contributed by atoms with van der Waals surface area (Å²) in [6.45, 7) is 2.12. The number of halogens is 1. The summed E-state index contributed by atoms with van der Waals surface area (Å²) in [6, 6.07) is 0. The molecule has 1 amide bonds. The van der Waals surface area contributed by atoms with Gasteiger partial charge in [-0.25, -0.2) is 9.97 Å². The molecule has 0 saturated heterocycles. The molecular weight excluding hydrogens is 334 g/mol. The maximum atomic E-state index is 12.0. The predicted molar refractivity (Wildman–Crippen MR) is 82.0 cm³/mol. The molecule has 7 heteroatoms. The van der Waals surface area contributed by atoms with Gasteiger partial charge in [-0.3, -0.25) is 14.8 Å². The molecule has 0 aromatic carbocycles. The molecule has 0 fully saturated rings. The van der Waals surface area contributed by atoms with Gasteiger partial charge in [-0.1, -0.05) is 0 Å². The molecule has 0 aliphatic heterocycles. The van der Waals surface area contributed by atoms with Gasteiger partial charge in [-0.15, -0.1) is 0 Å². The maximum Gasteiger partial charge on any atom is 0.248 e. The molecule has 3 rings (SSSR count). The highest BCUT2D eigenvalue weighted by molar-refractivity contribution is 9.10. The van der Waals surface area contributed by atoms with E-state index in [9.17, 15) is 4.79 Å². The van der Waals surface area contributed by atoms with E-state index < -0.39 is 0 Å². The van der Waals surface area contributed by atoms with E-state index in [-0.39, 0.29) is 12.5 Å². The quantitative estimate of drug-likeness (QED) is 0.922. The van der Waals surface area contributed by atoms with Gasteiger partial charge >= 0.3 is 0 Å². The first-order valence-electron chi connectivity index (χ1n) is 6.96. The van der Waals surface area contributed by atoms with Crippen molar-refractivity contribution in [3.8, 4) is 0 Å². The highest BCUT2D eigenvalue weighted by Crippen LogP contribution is 2.22. The fourth-order valence-corrected chi connectivity index (χ4v) is 2.90. The van der Waals surface area contributed by atoms with Crippen LogP contribution < -0.4 is 5.32 Å². The SMILES string of the molecule is Cc1nc(NC(=O)Cn2cc(Br)cn2)nc2c1CCCC2. The van der Waals surface area contributed by atoms with Gasteiger partial charge in [0.2, 0.25) is 11.9 Å². The van der Waals surface area contributed by atoms with E-state index in [1.807, 2.05) is 6.92 Å². The summed E-state index contributed by atoms with van der Waals surface area (Å²) < 4.78 is 2.40. The van der Waals surface area contributed by atoms with Crippen LogP contribution in [0.5, 0.6) is 0 Å². The van der Waals surface area contributed by atoms with Gasteiger partial charge in [0.1, 0.15) is 6.54 Å². The van der Waals surface area contributed by atoms with Gasteiger partial charge in [-0.05, 0) is 54.1 Å². The molecule has 2 aromatic rings. The highest BCUT2D eigenvalue weighted by atomic mass is 79.9. The molecule has 0 bridgehead atoms. The number of nitrogens with zero attached hydrogens (tertiary/aromatic N) is 4. The molecular formula is C14H16BrN5O. The van der Waals surface area contributed by atoms with Crippen molar-refractivity contribution in [1.29, 1.82) is 0 Å². The Kier molecular flexibility index (Phi) is 4.01. The van der Waals surface area contributed by atoms with Crippen LogP contribution in [0, 0.1) is 6.92 Å². The normalized spacial score (nSPS) is 13.8. The van der Waals surface area contributed by atoms with Crippen molar-refractivity contribution in [3.05, 3.63) is 33.8 Å². The third-order valence-electron chi connectivity index (χ3n) is 3.55. The Labute approximate surface area is 131 Å². The van der Waals surface area contributed by atoms with Crippen molar-refractivity contribution in [1.82, 2.24) is 19.7 Å². The van der Waals surface area contributed by atoms with Crippen molar-refractivity contribution in [3.63, 3.8) is 0 Å². The Bertz CT molecular complexity index is 682. The van der Waals surface area contributed by atoms with Crippen molar-refractivity contribution < 1.29 is 4.79 Å². The van der Waals surface area contributed by atoms with Crippen LogP contribution in [0.1, 0.15) is 29.8 Å². The average molecular weight is 350 g/mol. The number of aryl methyl sites for hydroxylation is 2. The Morgan fingerprint density at radius 1 is 1.38 bits per heavy atom. The summed E-state index contributed by atoms with van der Waals surface area (Å²) in [5.41, 5.74) is 3.29. The largest absolute Gasteiger partial charge is 0.293 e. The van der Waals surface area contributed by atoms with E-state index in [0.717, 1.165) is 35.1 Å². The zero-order valence-electron chi connectivity index (χ0n) is 11.8. The lowest BCUT2D eigenvalue weighted by molar-refractivity contribution is -0.116. The van der Waals surface area contributed by atoms with Gasteiger partial charge in [0.15, 0.2) is 0 Å². The summed E-state index contributed by atoms with van der Waals surface area (Å²) in [5, 5.41) is 6.81. The predicted octanol–water partition coefficient (Wildman–Crippen LogP) is 2.26. The molecule has 0 radical (unpaired) electrons. The van der Waals surface area contributed by atoms with Crippen LogP contribution in [-0.2, 0) is 24.2 Å². The van der Waals surface area contributed by atoms with E-state index in [4.69, 9.17) is 0 Å². The molecule has 1 aliphatic carbocycles. The Balaban J connectivity index is 1.72. The first-order chi connectivity index (χ1) is 10.1. The molecule has 2 heterocycles. The first-order valence-corrected chi connectivity index (χ1v) is 7.75. The Morgan fingerprint density at radius 2 is 2.19 bits per heavy atom. The van der Waals surface area contributed by atoms with Crippen LogP contribution in [0.25, 0.3) is 0 Å². The first kappa shape index (κ1) is 14.2. The summed E-state index contributed by atoms with van der Waals surface area (Å²) in [4.78, 5) is 20.9. The smallest absolute Gasteiger partial charge is 0.248 e. The molecule has 6 nitrogen and oxygen atoms in total. The van der Waals surface area contributed by atoms with E-state index in [1.165, 1.54) is 12.0 Å². The van der Waals surface area contributed by atoms with Crippen molar-refractivity contribution in [2.24, 2.45) is 0 Å². The number of rotatable bonds is 3. The monoisotopic (exact) mass is 349 g/mol. The van der Waals surface area contributed by atoms with Gasteiger partial charge in [0, 0.05) is 17.6 Å². The standard InChI is InChI=1S/C14H16BrN5O/c1-9-11-4-2-3-5-12(11)18-14(17-9)19-13(21)8-20-7-10(15)6-16-20/h6-7H,2-5,8H2,1H3,(H,17,18,19,21). The second-order valence-corrected chi connectivity index (χ2v) is 6.08. The topological polar surface area (TPSA) is 72.7 Å². The minimum atomic E-state index is -0.180. The summed E-state index contributed by atoms with van der Waals surface area (Å²) >= 11 is 3.30. The molecule has 0 spiro atoms. The second kappa shape index (κ2) is 5.93. The maximum absolute atomic E-state index is 12.0. The molecule has 0 atom stereocenters. The molecule has 1 aliphatic rings. The van der Waals surface area contributed by atoms with Crippen molar-refractivity contribution in [2.75, 3.05) is 5.32 Å². The Hall–Kier alpha value is -1.76. The summed E-state index contributed by atoms with van der Waals surface area (Å²) in [7, 11) is 0. The lowest BCUT2D eigenvalue weighted by atomic mass is 9.95. The van der Waals surface area contributed by atoms with Crippen LogP contribution >= 0.6 is 15.9 Å². The lowest BCUT2D eigenvalue weighted by Gasteiger charge is -2.17. The van der Waals surface area contributed by atoms with Crippen LogP contribution in [0.2, 0.25) is 0 Å². The number of fused-ring (bicyclic) bond motifs is 1. The number of carbonyl (C=O) groups is 1. The van der Waals surface area contributed by atoms with Crippen LogP contribution in [-0.4, -0.2) is 25.7 Å². The van der Waals surface area contributed by atoms with Gasteiger partial charge in [-0.2, -0.15) is 5.10 Å². The van der Waals surface area contributed by atoms with E-state index >= 15 is 0 Å². The van der Waals surface area contributed by atoms with Crippen LogP contribution in [0.3, 0.4) is 0 Å². The zero-order valence-corrected chi connectivity index (χ0v) is 13.4. The highest BCUT2D eigenvalue weighted by Gasteiger charge is 2.16. The van der Waals surface area contributed by atoms with Crippen LogP contribution in [0.4, 0.5) is 5.95 Å². The number of carbonyl (C=O) groups excluding carboxylic acids is 1. The third kappa shape index (κ3) is 3.29. The minimum Gasteiger partial charge on any atom is -0.293 e. The number of anilines is 1. The zero-order chi connectivity index (χ0) is 14.8. The molecule has 1 N–H and O–H groups in total. The van der Waals surface area contributed by atoms with E-state index in [1.54, 1.807) is 17.1 Å². The third-order valence-corrected chi connectivity index (χ3v) is 3.96. The lowest BCUT2D eigenvalue weighted by Crippen LogP contribution is -2.22. The molecule has 0 saturated carbocycles. The van der Waals surface area contributed by atoms with E-state index in [2.05, 4.69) is 36.3 Å². The molecule has 110 valence electrons. The number of amides is 1. The molecule has 21 heavy (non-hydrogen) atoms. The van der Waals surface area contributed by atoms with Crippen molar-refractivity contribution >= 4 is 27.8 Å². The number of hydrogen-bond donors (Lipinski definition) is 1. The molecule has 2 aromatic heterocycles. The molecule has 0 unspecified atom stereocenters.